The smallest absolute Gasteiger partial charge is 0.0566 e. The number of hydrogen-bond donors (Lipinski definition) is 1. The summed E-state index contributed by atoms with van der Waals surface area (Å²) in [5, 5.41) is 5.74. The fourth-order valence-corrected chi connectivity index (χ4v) is 3.48. The maximum absolute atomic E-state index is 3.57. The minimum absolute atomic E-state index is 0.472. The van der Waals surface area contributed by atoms with Gasteiger partial charge in [0, 0.05) is 18.0 Å². The zero-order valence-electron chi connectivity index (χ0n) is 13.5. The van der Waals surface area contributed by atoms with E-state index in [2.05, 4.69) is 78.0 Å². The molecule has 0 spiro atoms. The number of rotatable bonds is 9. The highest BCUT2D eigenvalue weighted by Gasteiger charge is 2.17. The van der Waals surface area contributed by atoms with Crippen LogP contribution in [-0.2, 0) is 0 Å². The molecule has 2 aromatic rings. The van der Waals surface area contributed by atoms with Crippen LogP contribution in [0.15, 0.2) is 53.9 Å². The number of benzene rings is 1. The van der Waals surface area contributed by atoms with E-state index in [1.165, 1.54) is 10.4 Å². The molecule has 1 atom stereocenters. The third-order valence-electron chi connectivity index (χ3n) is 3.83. The second kappa shape index (κ2) is 9.57. The van der Waals surface area contributed by atoms with Crippen molar-refractivity contribution in [2.75, 3.05) is 26.2 Å². The SMILES string of the molecule is CCN(CC)C(CNC/C=C/c1ccccc1)c1cccs1. The topological polar surface area (TPSA) is 15.3 Å². The third kappa shape index (κ3) is 5.09. The summed E-state index contributed by atoms with van der Waals surface area (Å²) in [6, 6.07) is 15.3. The normalized spacial score (nSPS) is 13.0. The second-order valence-electron chi connectivity index (χ2n) is 5.22. The van der Waals surface area contributed by atoms with Gasteiger partial charge in [0.1, 0.15) is 0 Å². The van der Waals surface area contributed by atoms with E-state index >= 15 is 0 Å². The number of nitrogens with zero attached hydrogens (tertiary/aromatic N) is 1. The molecule has 2 rings (SSSR count). The lowest BCUT2D eigenvalue weighted by Crippen LogP contribution is -2.35. The van der Waals surface area contributed by atoms with Crippen LogP contribution in [0.25, 0.3) is 6.08 Å². The predicted octanol–water partition coefficient (Wildman–Crippen LogP) is 4.43. The molecular formula is C19H26N2S. The molecule has 2 nitrogen and oxygen atoms in total. The number of likely N-dealkylation sites (N-methyl/N-ethyl adjacent to an activating group) is 1. The zero-order chi connectivity index (χ0) is 15.6. The number of hydrogen-bond acceptors (Lipinski definition) is 3. The molecule has 1 heterocycles. The van der Waals surface area contributed by atoms with Crippen molar-refractivity contribution in [3.8, 4) is 0 Å². The van der Waals surface area contributed by atoms with Gasteiger partial charge in [0.2, 0.25) is 0 Å². The molecule has 118 valence electrons. The van der Waals surface area contributed by atoms with Crippen molar-refractivity contribution in [3.63, 3.8) is 0 Å². The van der Waals surface area contributed by atoms with E-state index in [1.54, 1.807) is 0 Å². The Morgan fingerprint density at radius 1 is 1.09 bits per heavy atom. The summed E-state index contributed by atoms with van der Waals surface area (Å²) in [5.41, 5.74) is 1.25. The van der Waals surface area contributed by atoms with Crippen LogP contribution in [0.4, 0.5) is 0 Å². The van der Waals surface area contributed by atoms with Gasteiger partial charge in [-0.2, -0.15) is 0 Å². The lowest BCUT2D eigenvalue weighted by atomic mass is 10.2. The minimum Gasteiger partial charge on any atom is -0.311 e. The van der Waals surface area contributed by atoms with Gasteiger partial charge in [0.05, 0.1) is 6.04 Å². The molecule has 22 heavy (non-hydrogen) atoms. The Bertz CT molecular complexity index is 530. The summed E-state index contributed by atoms with van der Waals surface area (Å²) < 4.78 is 0. The van der Waals surface area contributed by atoms with Gasteiger partial charge in [0.15, 0.2) is 0 Å². The summed E-state index contributed by atoms with van der Waals surface area (Å²) in [7, 11) is 0. The Balaban J connectivity index is 1.85. The van der Waals surface area contributed by atoms with Crippen molar-refractivity contribution < 1.29 is 0 Å². The summed E-state index contributed by atoms with van der Waals surface area (Å²) in [6.45, 7) is 8.53. The summed E-state index contributed by atoms with van der Waals surface area (Å²) in [5.74, 6) is 0. The molecule has 0 amide bonds. The lowest BCUT2D eigenvalue weighted by Gasteiger charge is -2.29. The average molecular weight is 314 g/mol. The first-order valence-corrected chi connectivity index (χ1v) is 8.92. The largest absolute Gasteiger partial charge is 0.311 e. The molecule has 0 saturated carbocycles. The van der Waals surface area contributed by atoms with E-state index in [-0.39, 0.29) is 0 Å². The van der Waals surface area contributed by atoms with Gasteiger partial charge >= 0.3 is 0 Å². The van der Waals surface area contributed by atoms with Gasteiger partial charge in [-0.25, -0.2) is 0 Å². The maximum Gasteiger partial charge on any atom is 0.0566 e. The van der Waals surface area contributed by atoms with Gasteiger partial charge in [-0.05, 0) is 30.1 Å². The first-order valence-electron chi connectivity index (χ1n) is 8.05. The monoisotopic (exact) mass is 314 g/mol. The number of nitrogens with one attached hydrogen (secondary N) is 1. The van der Waals surface area contributed by atoms with Gasteiger partial charge in [0.25, 0.3) is 0 Å². The standard InChI is InChI=1S/C19H26N2S/c1-3-21(4-2)18(19-13-9-15-22-19)16-20-14-8-12-17-10-6-5-7-11-17/h5-13,15,18,20H,3-4,14,16H2,1-2H3/b12-8+. The van der Waals surface area contributed by atoms with Crippen molar-refractivity contribution >= 4 is 17.4 Å². The molecule has 0 bridgehead atoms. The van der Waals surface area contributed by atoms with Gasteiger partial charge in [-0.15, -0.1) is 11.3 Å². The fraction of sp³-hybridized carbons (Fsp3) is 0.368. The molecule has 0 aliphatic carbocycles. The first kappa shape index (κ1) is 16.9. The Morgan fingerprint density at radius 3 is 2.50 bits per heavy atom. The van der Waals surface area contributed by atoms with E-state index in [0.717, 1.165) is 26.2 Å². The molecule has 0 fully saturated rings. The Labute approximate surface area is 138 Å². The third-order valence-corrected chi connectivity index (χ3v) is 4.81. The van der Waals surface area contributed by atoms with Crippen LogP contribution < -0.4 is 5.32 Å². The van der Waals surface area contributed by atoms with Crippen molar-refractivity contribution in [1.82, 2.24) is 10.2 Å². The number of thiophene rings is 1. The predicted molar refractivity (Wildman–Crippen MR) is 98.3 cm³/mol. The molecule has 0 aliphatic heterocycles. The van der Waals surface area contributed by atoms with Gasteiger partial charge in [-0.1, -0.05) is 62.4 Å². The molecule has 1 N–H and O–H groups in total. The molecule has 0 aliphatic rings. The molecule has 1 aromatic heterocycles. The first-order chi connectivity index (χ1) is 10.8. The van der Waals surface area contributed by atoms with Crippen molar-refractivity contribution in [2.24, 2.45) is 0 Å². The molecular weight excluding hydrogens is 288 g/mol. The lowest BCUT2D eigenvalue weighted by molar-refractivity contribution is 0.218. The van der Waals surface area contributed by atoms with Crippen LogP contribution in [0.2, 0.25) is 0 Å². The molecule has 1 aromatic carbocycles. The average Bonchev–Trinajstić information content (AvgIpc) is 3.09. The maximum atomic E-state index is 3.57. The van der Waals surface area contributed by atoms with Gasteiger partial charge < -0.3 is 5.32 Å². The highest BCUT2D eigenvalue weighted by atomic mass is 32.1. The van der Waals surface area contributed by atoms with Crippen LogP contribution in [0.5, 0.6) is 0 Å². The minimum atomic E-state index is 0.472. The van der Waals surface area contributed by atoms with Crippen LogP contribution in [0.1, 0.15) is 30.3 Å². The molecule has 3 heteroatoms. The molecule has 0 saturated heterocycles. The van der Waals surface area contributed by atoms with Crippen LogP contribution >= 0.6 is 11.3 Å². The Hall–Kier alpha value is -1.42. The van der Waals surface area contributed by atoms with Crippen LogP contribution in [-0.4, -0.2) is 31.1 Å². The second-order valence-corrected chi connectivity index (χ2v) is 6.20. The molecule has 0 radical (unpaired) electrons. The van der Waals surface area contributed by atoms with E-state index in [9.17, 15) is 0 Å². The quantitative estimate of drug-likeness (QED) is 0.689. The van der Waals surface area contributed by atoms with Gasteiger partial charge in [-0.3, -0.25) is 4.90 Å². The van der Waals surface area contributed by atoms with Crippen molar-refractivity contribution in [3.05, 3.63) is 64.4 Å². The summed E-state index contributed by atoms with van der Waals surface area (Å²) in [4.78, 5) is 3.96. The van der Waals surface area contributed by atoms with Crippen LogP contribution in [0, 0.1) is 0 Å². The van der Waals surface area contributed by atoms with E-state index in [0.29, 0.717) is 6.04 Å². The van der Waals surface area contributed by atoms with Crippen LogP contribution in [0.3, 0.4) is 0 Å². The summed E-state index contributed by atoms with van der Waals surface area (Å²) in [6.07, 6.45) is 4.37. The van der Waals surface area contributed by atoms with Crippen molar-refractivity contribution in [2.45, 2.75) is 19.9 Å². The van der Waals surface area contributed by atoms with E-state index < -0.39 is 0 Å². The molecule has 1 unspecified atom stereocenters. The highest BCUT2D eigenvalue weighted by molar-refractivity contribution is 7.10. The fourth-order valence-electron chi connectivity index (χ4n) is 2.62. The Kier molecular flexibility index (Phi) is 7.37. The van der Waals surface area contributed by atoms with Crippen molar-refractivity contribution in [1.29, 1.82) is 0 Å². The summed E-state index contributed by atoms with van der Waals surface area (Å²) >= 11 is 1.85. The highest BCUT2D eigenvalue weighted by Crippen LogP contribution is 2.24. The van der Waals surface area contributed by atoms with E-state index in [4.69, 9.17) is 0 Å². The zero-order valence-corrected chi connectivity index (χ0v) is 14.4. The Morgan fingerprint density at radius 2 is 1.86 bits per heavy atom. The van der Waals surface area contributed by atoms with E-state index in [1.807, 2.05) is 17.4 Å².